The van der Waals surface area contributed by atoms with Crippen molar-refractivity contribution in [2.75, 3.05) is 13.2 Å². The number of carbonyl (C=O) groups excluding carboxylic acids is 2. The summed E-state index contributed by atoms with van der Waals surface area (Å²) in [7, 11) is 0. The molecule has 2 aliphatic rings. The minimum Gasteiger partial charge on any atom is -0.508 e. The second kappa shape index (κ2) is 17.9. The molecule has 5 rings (SSSR count). The smallest absolute Gasteiger partial charge is 0.330 e. The zero-order valence-corrected chi connectivity index (χ0v) is 28.8. The number of ether oxygens (including phenoxy) is 6. The second-order valence-corrected chi connectivity index (χ2v) is 12.8. The van der Waals surface area contributed by atoms with E-state index in [2.05, 4.69) is 0 Å². The number of hydrogen-bond donors (Lipinski definition) is 9. The molecule has 3 aromatic carbocycles. The lowest BCUT2D eigenvalue weighted by Crippen LogP contribution is -2.65. The number of benzene rings is 3. The fourth-order valence-corrected chi connectivity index (χ4v) is 5.76. The summed E-state index contributed by atoms with van der Waals surface area (Å²) in [5.41, 5.74) is 1.33. The molecule has 9 N–H and O–H groups in total. The van der Waals surface area contributed by atoms with Gasteiger partial charge in [0.2, 0.25) is 0 Å². The Labute approximate surface area is 308 Å². The lowest BCUT2D eigenvalue weighted by Gasteiger charge is -2.46. The van der Waals surface area contributed by atoms with Gasteiger partial charge in [0.25, 0.3) is 0 Å². The molecule has 2 fully saturated rings. The van der Waals surface area contributed by atoms with Gasteiger partial charge in [-0.1, -0.05) is 24.3 Å². The molecule has 0 aromatic heterocycles. The Kier molecular flexibility index (Phi) is 13.3. The number of phenols is 5. The molecule has 0 unspecified atom stereocenters. The van der Waals surface area contributed by atoms with E-state index in [9.17, 15) is 55.5 Å². The predicted molar refractivity (Wildman–Crippen MR) is 183 cm³/mol. The molecule has 0 spiro atoms. The van der Waals surface area contributed by atoms with Crippen LogP contribution in [0.15, 0.2) is 66.7 Å². The highest BCUT2D eigenvalue weighted by atomic mass is 16.7. The molecule has 0 bridgehead atoms. The standard InChI is InChI=1S/C37H42O17/c1-18-30(45)31(46)32(47)37(51-18)54-35-33(48)36(49-13-12-21-5-10-24(40)26(42)15-21)52-27(34(35)53-29(44)16-20-2-7-22(38)8-3-20)17-50-28(43)11-6-19-4-9-23(39)25(41)14-19/h2-11,14-15,18,27,30-42,45-48H,12-13,16-17H2,1H3/t18-,27+,30-,31+,32+,33+,34+,35+,36+,37-/m0/s1. The average molecular weight is 759 g/mol. The van der Waals surface area contributed by atoms with E-state index < -0.39 is 85.7 Å². The van der Waals surface area contributed by atoms with Crippen molar-refractivity contribution in [3.63, 3.8) is 0 Å². The Hall–Kier alpha value is -4.98. The van der Waals surface area contributed by atoms with Crippen LogP contribution in [-0.4, -0.2) is 133 Å². The van der Waals surface area contributed by atoms with Crippen molar-refractivity contribution < 1.29 is 84.0 Å². The quantitative estimate of drug-likeness (QED) is 0.0652. The Balaban J connectivity index is 1.40. The molecule has 54 heavy (non-hydrogen) atoms. The van der Waals surface area contributed by atoms with Crippen molar-refractivity contribution in [3.05, 3.63) is 83.4 Å². The summed E-state index contributed by atoms with van der Waals surface area (Å²) in [6.07, 6.45) is -13.6. The highest BCUT2D eigenvalue weighted by Crippen LogP contribution is 2.32. The number of aliphatic hydroxyl groups excluding tert-OH is 4. The Morgan fingerprint density at radius 1 is 0.722 bits per heavy atom. The zero-order valence-electron chi connectivity index (χ0n) is 28.8. The monoisotopic (exact) mass is 758 g/mol. The molecule has 2 heterocycles. The van der Waals surface area contributed by atoms with Crippen molar-refractivity contribution in [2.24, 2.45) is 0 Å². The minimum absolute atomic E-state index is 0.0386. The third-order valence-electron chi connectivity index (χ3n) is 8.78. The maximum Gasteiger partial charge on any atom is 0.330 e. The molecule has 2 aliphatic heterocycles. The van der Waals surface area contributed by atoms with Gasteiger partial charge in [-0.3, -0.25) is 4.79 Å². The van der Waals surface area contributed by atoms with Crippen LogP contribution < -0.4 is 0 Å². The SMILES string of the molecule is C[C@@H]1O[C@@H](O[C@@H]2[C@@H](O)[C@H](OCCc3ccc(O)c(O)c3)O[C@H](COC(=O)C=Cc3ccc(O)c(O)c3)[C@H]2OC(=O)Cc2ccc(O)cc2)[C@H](O)[C@H](O)[C@H]1O. The van der Waals surface area contributed by atoms with Crippen molar-refractivity contribution >= 4 is 18.0 Å². The van der Waals surface area contributed by atoms with Gasteiger partial charge in [0.05, 0.1) is 19.1 Å². The summed E-state index contributed by atoms with van der Waals surface area (Å²) < 4.78 is 34.6. The van der Waals surface area contributed by atoms with Crippen LogP contribution in [0.5, 0.6) is 28.7 Å². The maximum atomic E-state index is 13.3. The van der Waals surface area contributed by atoms with Gasteiger partial charge >= 0.3 is 11.9 Å². The fraction of sp³-hybridized carbons (Fsp3) is 0.405. The summed E-state index contributed by atoms with van der Waals surface area (Å²) in [5.74, 6) is -3.28. The van der Waals surface area contributed by atoms with Gasteiger partial charge in [-0.05, 0) is 72.5 Å². The fourth-order valence-electron chi connectivity index (χ4n) is 5.76. The van der Waals surface area contributed by atoms with E-state index in [0.717, 1.165) is 6.08 Å². The highest BCUT2D eigenvalue weighted by Gasteiger charge is 2.52. The first-order valence-electron chi connectivity index (χ1n) is 16.9. The van der Waals surface area contributed by atoms with Gasteiger partial charge in [0.15, 0.2) is 41.7 Å². The van der Waals surface area contributed by atoms with Crippen LogP contribution in [0, 0.1) is 0 Å². The molecule has 0 aliphatic carbocycles. The van der Waals surface area contributed by atoms with Crippen LogP contribution >= 0.6 is 0 Å². The van der Waals surface area contributed by atoms with Gasteiger partial charge in [0, 0.05) is 6.08 Å². The van der Waals surface area contributed by atoms with E-state index in [1.807, 2.05) is 0 Å². The highest BCUT2D eigenvalue weighted by molar-refractivity contribution is 5.87. The van der Waals surface area contributed by atoms with Crippen molar-refractivity contribution in [1.82, 2.24) is 0 Å². The van der Waals surface area contributed by atoms with E-state index >= 15 is 0 Å². The number of carbonyl (C=O) groups is 2. The van der Waals surface area contributed by atoms with Crippen molar-refractivity contribution in [3.8, 4) is 28.7 Å². The third-order valence-corrected chi connectivity index (χ3v) is 8.78. The lowest BCUT2D eigenvalue weighted by molar-refractivity contribution is -0.357. The van der Waals surface area contributed by atoms with Crippen LogP contribution in [0.4, 0.5) is 0 Å². The van der Waals surface area contributed by atoms with Crippen LogP contribution in [0.1, 0.15) is 23.6 Å². The van der Waals surface area contributed by atoms with Gasteiger partial charge < -0.3 is 74.4 Å². The lowest BCUT2D eigenvalue weighted by atomic mass is 9.96. The summed E-state index contributed by atoms with van der Waals surface area (Å²) in [5, 5.41) is 91.5. The molecule has 17 nitrogen and oxygen atoms in total. The number of aliphatic hydroxyl groups is 4. The summed E-state index contributed by atoms with van der Waals surface area (Å²) >= 11 is 0. The Morgan fingerprint density at radius 2 is 1.39 bits per heavy atom. The Bertz CT molecular complexity index is 1760. The van der Waals surface area contributed by atoms with E-state index in [4.69, 9.17) is 28.4 Å². The zero-order chi connectivity index (χ0) is 39.1. The van der Waals surface area contributed by atoms with Gasteiger partial charge in [0.1, 0.15) is 49.0 Å². The molecule has 292 valence electrons. The molecular weight excluding hydrogens is 716 g/mol. The van der Waals surface area contributed by atoms with Gasteiger partial charge in [-0.2, -0.15) is 0 Å². The normalized spacial score (nSPS) is 28.5. The molecule has 0 saturated carbocycles. The van der Waals surface area contributed by atoms with E-state index in [0.29, 0.717) is 16.7 Å². The number of rotatable bonds is 13. The predicted octanol–water partition coefficient (Wildman–Crippen LogP) is 0.483. The van der Waals surface area contributed by atoms with Crippen molar-refractivity contribution in [1.29, 1.82) is 0 Å². The summed E-state index contributed by atoms with van der Waals surface area (Å²) in [4.78, 5) is 26.1. The number of aromatic hydroxyl groups is 5. The third kappa shape index (κ3) is 10.2. The topological polar surface area (TPSA) is 272 Å². The van der Waals surface area contributed by atoms with Crippen LogP contribution in [0.25, 0.3) is 6.08 Å². The number of hydrogen-bond acceptors (Lipinski definition) is 17. The molecule has 17 heteroatoms. The first-order valence-corrected chi connectivity index (χ1v) is 16.9. The molecule has 10 atom stereocenters. The second-order valence-electron chi connectivity index (χ2n) is 12.8. The molecule has 0 amide bonds. The van der Waals surface area contributed by atoms with Gasteiger partial charge in [-0.15, -0.1) is 0 Å². The average Bonchev–Trinajstić information content (AvgIpc) is 3.14. The molecule has 3 aromatic rings. The number of phenolic OH excluding ortho intramolecular Hbond substituents is 5. The molecule has 2 saturated heterocycles. The summed E-state index contributed by atoms with van der Waals surface area (Å²) in [6, 6.07) is 13.7. The maximum absolute atomic E-state index is 13.3. The first-order chi connectivity index (χ1) is 25.7. The van der Waals surface area contributed by atoms with E-state index in [-0.39, 0.29) is 42.4 Å². The van der Waals surface area contributed by atoms with Crippen molar-refractivity contribution in [2.45, 2.75) is 81.2 Å². The van der Waals surface area contributed by atoms with Crippen LogP contribution in [0.2, 0.25) is 0 Å². The largest absolute Gasteiger partial charge is 0.508 e. The van der Waals surface area contributed by atoms with E-state index in [1.165, 1.54) is 73.7 Å². The number of esters is 2. The van der Waals surface area contributed by atoms with Gasteiger partial charge in [-0.25, -0.2) is 4.79 Å². The van der Waals surface area contributed by atoms with Crippen LogP contribution in [-0.2, 0) is 50.9 Å². The Morgan fingerprint density at radius 3 is 2.07 bits per heavy atom. The molecule has 0 radical (unpaired) electrons. The van der Waals surface area contributed by atoms with E-state index in [1.54, 1.807) is 0 Å². The van der Waals surface area contributed by atoms with Crippen LogP contribution in [0.3, 0.4) is 0 Å². The first kappa shape index (κ1) is 40.2. The molecular formula is C37H42O17. The minimum atomic E-state index is -1.83. The summed E-state index contributed by atoms with van der Waals surface area (Å²) in [6.45, 7) is 0.655.